The molecule has 0 aromatic heterocycles. The molecule has 0 heterocycles. The van der Waals surface area contributed by atoms with E-state index in [2.05, 4.69) is 49.4 Å². The van der Waals surface area contributed by atoms with Crippen molar-refractivity contribution in [3.05, 3.63) is 23.8 Å². The lowest BCUT2D eigenvalue weighted by molar-refractivity contribution is 0.353. The first kappa shape index (κ1) is 18.1. The van der Waals surface area contributed by atoms with Gasteiger partial charge in [0.15, 0.2) is 17.5 Å². The van der Waals surface area contributed by atoms with E-state index in [-0.39, 0.29) is 5.41 Å². The molecule has 0 atom stereocenters. The Labute approximate surface area is 134 Å². The van der Waals surface area contributed by atoms with Crippen LogP contribution in [-0.4, -0.2) is 39.8 Å². The summed E-state index contributed by atoms with van der Waals surface area (Å²) in [5.74, 6) is 2.30. The van der Waals surface area contributed by atoms with Gasteiger partial charge in [-0.15, -0.1) is 0 Å². The van der Waals surface area contributed by atoms with E-state index < -0.39 is 0 Å². The molecule has 1 rings (SSSR count). The number of ether oxygens (including phenoxy) is 2. The summed E-state index contributed by atoms with van der Waals surface area (Å²) in [6.07, 6.45) is 0. The van der Waals surface area contributed by atoms with Gasteiger partial charge in [0.1, 0.15) is 0 Å². The highest BCUT2D eigenvalue weighted by Crippen LogP contribution is 2.32. The second kappa shape index (κ2) is 7.92. The van der Waals surface area contributed by atoms with Gasteiger partial charge in [-0.25, -0.2) is 0 Å². The number of nitrogens with one attached hydrogen (secondary N) is 2. The number of hydrogen-bond donors (Lipinski definition) is 2. The average molecular weight is 307 g/mol. The van der Waals surface area contributed by atoms with E-state index in [1.807, 2.05) is 12.1 Å². The molecule has 1 aromatic rings. The molecule has 2 N–H and O–H groups in total. The van der Waals surface area contributed by atoms with Crippen molar-refractivity contribution in [3.63, 3.8) is 0 Å². The zero-order chi connectivity index (χ0) is 16.8. The summed E-state index contributed by atoms with van der Waals surface area (Å²) in [7, 11) is 5.08. The van der Waals surface area contributed by atoms with E-state index >= 15 is 0 Å². The lowest BCUT2D eigenvalue weighted by atomic mass is 9.84. The monoisotopic (exact) mass is 307 g/mol. The lowest BCUT2D eigenvalue weighted by Crippen LogP contribution is -2.45. The van der Waals surface area contributed by atoms with E-state index in [1.54, 1.807) is 21.3 Å². The molecule has 5 nitrogen and oxygen atoms in total. The predicted octanol–water partition coefficient (Wildman–Crippen LogP) is 2.55. The van der Waals surface area contributed by atoms with Gasteiger partial charge in [-0.2, -0.15) is 0 Å². The smallest absolute Gasteiger partial charge is 0.191 e. The Hall–Kier alpha value is -1.91. The molecule has 0 fully saturated rings. The van der Waals surface area contributed by atoms with E-state index in [1.165, 1.54) is 5.56 Å². The highest BCUT2D eigenvalue weighted by molar-refractivity contribution is 5.80. The summed E-state index contributed by atoms with van der Waals surface area (Å²) in [6, 6.07) is 6.38. The number of rotatable bonds is 6. The predicted molar refractivity (Wildman–Crippen MR) is 92.2 cm³/mol. The molecule has 0 saturated heterocycles. The molecule has 124 valence electrons. The molecule has 0 bridgehead atoms. The van der Waals surface area contributed by atoms with Gasteiger partial charge >= 0.3 is 0 Å². The van der Waals surface area contributed by atoms with Gasteiger partial charge in [-0.05, 0) is 31.5 Å². The van der Waals surface area contributed by atoms with Crippen LogP contribution in [0.4, 0.5) is 0 Å². The lowest BCUT2D eigenvalue weighted by Gasteiger charge is -2.28. The highest BCUT2D eigenvalue weighted by atomic mass is 16.5. The largest absolute Gasteiger partial charge is 0.493 e. The fraction of sp³-hybridized carbons (Fsp3) is 0.588. The summed E-state index contributed by atoms with van der Waals surface area (Å²) in [6.45, 7) is 9.31. The average Bonchev–Trinajstić information content (AvgIpc) is 2.50. The van der Waals surface area contributed by atoms with Crippen LogP contribution in [0.1, 0.15) is 33.3 Å². The first-order valence-electron chi connectivity index (χ1n) is 7.53. The first-order chi connectivity index (χ1) is 10.3. The molecule has 5 heteroatoms. The van der Waals surface area contributed by atoms with E-state index in [9.17, 15) is 0 Å². The van der Waals surface area contributed by atoms with Crippen molar-refractivity contribution in [3.8, 4) is 11.5 Å². The Kier molecular flexibility index (Phi) is 6.53. The Balaban J connectivity index is 2.85. The molecule has 0 aliphatic rings. The topological polar surface area (TPSA) is 54.9 Å². The van der Waals surface area contributed by atoms with Gasteiger partial charge in [-0.3, -0.25) is 4.99 Å². The molecule has 0 amide bonds. The van der Waals surface area contributed by atoms with Crippen LogP contribution < -0.4 is 20.1 Å². The molecular weight excluding hydrogens is 278 g/mol. The third kappa shape index (κ3) is 4.83. The number of hydrogen-bond acceptors (Lipinski definition) is 3. The third-order valence-corrected chi connectivity index (χ3v) is 3.51. The normalized spacial score (nSPS) is 12.3. The summed E-state index contributed by atoms with van der Waals surface area (Å²) < 4.78 is 10.7. The standard InChI is InChI=1S/C17H29N3O2/c1-12(2)20-16(18-5)19-11-17(3,4)13-8-9-14(21-6)15(10-13)22-7/h8-10,12H,11H2,1-7H3,(H2,18,19,20). The summed E-state index contributed by atoms with van der Waals surface area (Å²) >= 11 is 0. The molecule has 0 spiro atoms. The fourth-order valence-electron chi connectivity index (χ4n) is 2.13. The van der Waals surface area contributed by atoms with Gasteiger partial charge in [-0.1, -0.05) is 19.9 Å². The second-order valence-corrected chi connectivity index (χ2v) is 6.18. The van der Waals surface area contributed by atoms with Crippen molar-refractivity contribution >= 4 is 5.96 Å². The molecule has 0 radical (unpaired) electrons. The van der Waals surface area contributed by atoms with Gasteiger partial charge < -0.3 is 20.1 Å². The van der Waals surface area contributed by atoms with E-state index in [4.69, 9.17) is 9.47 Å². The van der Waals surface area contributed by atoms with E-state index in [0.29, 0.717) is 6.04 Å². The van der Waals surface area contributed by atoms with Crippen molar-refractivity contribution in [1.29, 1.82) is 0 Å². The Morgan fingerprint density at radius 3 is 2.32 bits per heavy atom. The maximum atomic E-state index is 5.39. The van der Waals surface area contributed by atoms with Crippen molar-refractivity contribution in [1.82, 2.24) is 10.6 Å². The van der Waals surface area contributed by atoms with Crippen LogP contribution in [0, 0.1) is 0 Å². The number of methoxy groups -OCH3 is 2. The van der Waals surface area contributed by atoms with E-state index in [0.717, 1.165) is 24.0 Å². The van der Waals surface area contributed by atoms with Crippen molar-refractivity contribution in [2.24, 2.45) is 4.99 Å². The fourth-order valence-corrected chi connectivity index (χ4v) is 2.13. The van der Waals surface area contributed by atoms with Crippen LogP contribution in [-0.2, 0) is 5.41 Å². The minimum absolute atomic E-state index is 0.0752. The van der Waals surface area contributed by atoms with Crippen molar-refractivity contribution in [2.45, 2.75) is 39.2 Å². The molecular formula is C17H29N3O2. The minimum Gasteiger partial charge on any atom is -0.493 e. The molecule has 0 unspecified atom stereocenters. The number of benzene rings is 1. The number of aliphatic imine (C=N–C) groups is 1. The Morgan fingerprint density at radius 1 is 1.18 bits per heavy atom. The molecule has 0 aliphatic carbocycles. The van der Waals surface area contributed by atoms with Crippen LogP contribution in [0.2, 0.25) is 0 Å². The van der Waals surface area contributed by atoms with Gasteiger partial charge in [0.25, 0.3) is 0 Å². The quantitative estimate of drug-likeness (QED) is 0.626. The van der Waals surface area contributed by atoms with Gasteiger partial charge in [0.2, 0.25) is 0 Å². The highest BCUT2D eigenvalue weighted by Gasteiger charge is 2.22. The maximum absolute atomic E-state index is 5.39. The zero-order valence-electron chi connectivity index (χ0n) is 14.8. The maximum Gasteiger partial charge on any atom is 0.191 e. The van der Waals surface area contributed by atoms with Gasteiger partial charge in [0, 0.05) is 25.0 Å². The molecule has 22 heavy (non-hydrogen) atoms. The summed E-state index contributed by atoms with van der Waals surface area (Å²) in [5, 5.41) is 6.66. The SMILES string of the molecule is CN=C(NCC(C)(C)c1ccc(OC)c(OC)c1)NC(C)C. The molecule has 0 saturated carbocycles. The number of nitrogens with zero attached hydrogens (tertiary/aromatic N) is 1. The van der Waals surface area contributed by atoms with Crippen molar-refractivity contribution < 1.29 is 9.47 Å². The van der Waals surface area contributed by atoms with Crippen molar-refractivity contribution in [2.75, 3.05) is 27.8 Å². The second-order valence-electron chi connectivity index (χ2n) is 6.18. The van der Waals surface area contributed by atoms with Crippen LogP contribution in [0.15, 0.2) is 23.2 Å². The Bertz CT molecular complexity index is 511. The molecule has 1 aromatic carbocycles. The van der Waals surface area contributed by atoms with Crippen LogP contribution in [0.25, 0.3) is 0 Å². The van der Waals surface area contributed by atoms with Crippen LogP contribution in [0.5, 0.6) is 11.5 Å². The van der Waals surface area contributed by atoms with Gasteiger partial charge in [0.05, 0.1) is 14.2 Å². The summed E-state index contributed by atoms with van der Waals surface area (Å²) in [5.41, 5.74) is 1.10. The Morgan fingerprint density at radius 2 is 1.82 bits per heavy atom. The minimum atomic E-state index is -0.0752. The zero-order valence-corrected chi connectivity index (χ0v) is 14.8. The third-order valence-electron chi connectivity index (χ3n) is 3.51. The summed E-state index contributed by atoms with van der Waals surface area (Å²) in [4.78, 5) is 4.24. The van der Waals surface area contributed by atoms with Crippen LogP contribution >= 0.6 is 0 Å². The molecule has 0 aliphatic heterocycles. The van der Waals surface area contributed by atoms with Crippen LogP contribution in [0.3, 0.4) is 0 Å². The first-order valence-corrected chi connectivity index (χ1v) is 7.53. The number of guanidine groups is 1.